The van der Waals surface area contributed by atoms with Crippen molar-refractivity contribution >= 4 is 35.0 Å². The molecule has 2 saturated heterocycles. The number of carbonyl (C=O) groups is 3. The van der Waals surface area contributed by atoms with E-state index in [9.17, 15) is 14.4 Å². The zero-order valence-corrected chi connectivity index (χ0v) is 21.0. The molecule has 3 amide bonds. The third-order valence-electron chi connectivity index (χ3n) is 6.67. The summed E-state index contributed by atoms with van der Waals surface area (Å²) in [5.74, 6) is -0.460. The lowest BCUT2D eigenvalue weighted by Gasteiger charge is -2.32. The number of halogens is 1. The minimum absolute atomic E-state index is 0.0137. The van der Waals surface area contributed by atoms with Crippen molar-refractivity contribution in [3.63, 3.8) is 0 Å². The standard InChI is InChI=1S/C27H32ClN3O4/c1-19(2)21-5-9-23(10-6-21)31-26(33)18-24(27(31)34)30(12-11-29-13-15-35-16-14-29)25(32)17-20-3-7-22(28)8-4-20/h3-10,19,24H,11-18H2,1-2H3. The van der Waals surface area contributed by atoms with Crippen molar-refractivity contribution in [3.8, 4) is 0 Å². The Kier molecular flexibility index (Phi) is 8.21. The summed E-state index contributed by atoms with van der Waals surface area (Å²) in [5.41, 5.74) is 2.49. The Balaban J connectivity index is 1.53. The lowest BCUT2D eigenvalue weighted by atomic mass is 10.0. The number of hydrogen-bond donors (Lipinski definition) is 0. The molecule has 7 nitrogen and oxygen atoms in total. The first-order chi connectivity index (χ1) is 16.8. The highest BCUT2D eigenvalue weighted by Gasteiger charge is 2.44. The number of anilines is 1. The number of amides is 3. The fraction of sp³-hybridized carbons (Fsp3) is 0.444. The number of ether oxygens (including phenoxy) is 1. The molecule has 2 aliphatic heterocycles. The second-order valence-electron chi connectivity index (χ2n) is 9.38. The average Bonchev–Trinajstić information content (AvgIpc) is 3.15. The highest BCUT2D eigenvalue weighted by Crippen LogP contribution is 2.28. The van der Waals surface area contributed by atoms with Crippen LogP contribution in [0.1, 0.15) is 37.3 Å². The van der Waals surface area contributed by atoms with Crippen LogP contribution in [0.25, 0.3) is 0 Å². The summed E-state index contributed by atoms with van der Waals surface area (Å²) in [6.45, 7) is 8.05. The fourth-order valence-electron chi connectivity index (χ4n) is 4.55. The monoisotopic (exact) mass is 497 g/mol. The molecule has 0 aliphatic carbocycles. The van der Waals surface area contributed by atoms with Gasteiger partial charge in [0.15, 0.2) is 0 Å². The van der Waals surface area contributed by atoms with Gasteiger partial charge in [-0.15, -0.1) is 0 Å². The Bertz CT molecular complexity index is 1050. The average molecular weight is 498 g/mol. The van der Waals surface area contributed by atoms with Gasteiger partial charge in [-0.25, -0.2) is 4.90 Å². The van der Waals surface area contributed by atoms with Crippen LogP contribution in [-0.2, 0) is 25.5 Å². The molecular formula is C27H32ClN3O4. The molecule has 2 aromatic carbocycles. The highest BCUT2D eigenvalue weighted by atomic mass is 35.5. The Morgan fingerprint density at radius 2 is 1.71 bits per heavy atom. The largest absolute Gasteiger partial charge is 0.379 e. The molecule has 2 aliphatic rings. The maximum absolute atomic E-state index is 13.5. The van der Waals surface area contributed by atoms with Crippen LogP contribution in [0.5, 0.6) is 0 Å². The molecule has 0 bridgehead atoms. The van der Waals surface area contributed by atoms with E-state index in [1.165, 1.54) is 4.90 Å². The maximum atomic E-state index is 13.5. The van der Waals surface area contributed by atoms with Crippen LogP contribution in [0.3, 0.4) is 0 Å². The van der Waals surface area contributed by atoms with Gasteiger partial charge in [-0.2, -0.15) is 0 Å². The number of hydrogen-bond acceptors (Lipinski definition) is 5. The van der Waals surface area contributed by atoms with Gasteiger partial charge in [0.1, 0.15) is 6.04 Å². The van der Waals surface area contributed by atoms with Crippen molar-refractivity contribution in [1.82, 2.24) is 9.80 Å². The summed E-state index contributed by atoms with van der Waals surface area (Å²) in [6, 6.07) is 13.8. The van der Waals surface area contributed by atoms with E-state index in [4.69, 9.17) is 16.3 Å². The van der Waals surface area contributed by atoms with Crippen molar-refractivity contribution in [3.05, 3.63) is 64.7 Å². The van der Waals surface area contributed by atoms with Crippen LogP contribution in [0.15, 0.2) is 48.5 Å². The smallest absolute Gasteiger partial charge is 0.257 e. The van der Waals surface area contributed by atoms with Gasteiger partial charge in [0.25, 0.3) is 5.91 Å². The second kappa shape index (κ2) is 11.3. The van der Waals surface area contributed by atoms with Crippen LogP contribution in [0, 0.1) is 0 Å². The first-order valence-corrected chi connectivity index (χ1v) is 12.5. The predicted molar refractivity (Wildman–Crippen MR) is 136 cm³/mol. The van der Waals surface area contributed by atoms with Gasteiger partial charge in [0, 0.05) is 31.2 Å². The molecule has 0 aromatic heterocycles. The minimum atomic E-state index is -0.812. The lowest BCUT2D eigenvalue weighted by Crippen LogP contribution is -2.50. The van der Waals surface area contributed by atoms with Crippen LogP contribution >= 0.6 is 11.6 Å². The zero-order valence-electron chi connectivity index (χ0n) is 20.3. The molecule has 8 heteroatoms. The molecule has 35 heavy (non-hydrogen) atoms. The lowest BCUT2D eigenvalue weighted by molar-refractivity contribution is -0.138. The first-order valence-electron chi connectivity index (χ1n) is 12.1. The minimum Gasteiger partial charge on any atom is -0.379 e. The Morgan fingerprint density at radius 1 is 1.06 bits per heavy atom. The number of morpholine rings is 1. The normalized spacial score (nSPS) is 19.0. The molecule has 0 N–H and O–H groups in total. The molecule has 0 radical (unpaired) electrons. The van der Waals surface area contributed by atoms with Crippen molar-refractivity contribution in [2.75, 3.05) is 44.3 Å². The number of carbonyl (C=O) groups excluding carboxylic acids is 3. The van der Waals surface area contributed by atoms with Crippen molar-refractivity contribution in [2.45, 2.75) is 38.6 Å². The van der Waals surface area contributed by atoms with Crippen LogP contribution in [-0.4, -0.2) is 73.0 Å². The second-order valence-corrected chi connectivity index (χ2v) is 9.81. The van der Waals surface area contributed by atoms with E-state index in [1.807, 2.05) is 24.3 Å². The topological polar surface area (TPSA) is 70.2 Å². The van der Waals surface area contributed by atoms with Crippen molar-refractivity contribution in [1.29, 1.82) is 0 Å². The quantitative estimate of drug-likeness (QED) is 0.522. The molecule has 186 valence electrons. The van der Waals surface area contributed by atoms with Gasteiger partial charge < -0.3 is 9.64 Å². The number of rotatable bonds is 8. The van der Waals surface area contributed by atoms with Crippen LogP contribution in [0.4, 0.5) is 5.69 Å². The number of nitrogens with zero attached hydrogens (tertiary/aromatic N) is 3. The van der Waals surface area contributed by atoms with E-state index in [-0.39, 0.29) is 30.6 Å². The third-order valence-corrected chi connectivity index (χ3v) is 6.92. The van der Waals surface area contributed by atoms with E-state index in [0.717, 1.165) is 24.2 Å². The van der Waals surface area contributed by atoms with Gasteiger partial charge in [0.2, 0.25) is 11.8 Å². The van der Waals surface area contributed by atoms with E-state index < -0.39 is 6.04 Å². The van der Waals surface area contributed by atoms with Crippen molar-refractivity contribution in [2.24, 2.45) is 0 Å². The van der Waals surface area contributed by atoms with Crippen LogP contribution < -0.4 is 4.90 Å². The number of imide groups is 1. The summed E-state index contributed by atoms with van der Waals surface area (Å²) >= 11 is 5.99. The maximum Gasteiger partial charge on any atom is 0.257 e. The third kappa shape index (κ3) is 6.10. The first kappa shape index (κ1) is 25.4. The molecule has 2 fully saturated rings. The molecule has 2 aromatic rings. The summed E-state index contributed by atoms with van der Waals surface area (Å²) in [4.78, 5) is 44.9. The zero-order chi connectivity index (χ0) is 24.9. The van der Waals surface area contributed by atoms with Gasteiger partial charge >= 0.3 is 0 Å². The SMILES string of the molecule is CC(C)c1ccc(N2C(=O)CC(N(CCN3CCOCC3)C(=O)Cc3ccc(Cl)cc3)C2=O)cc1. The van der Waals surface area contributed by atoms with Gasteiger partial charge in [-0.3, -0.25) is 19.3 Å². The van der Waals surface area contributed by atoms with Gasteiger partial charge in [-0.05, 0) is 41.3 Å². The van der Waals surface area contributed by atoms with Gasteiger partial charge in [0.05, 0.1) is 31.7 Å². The molecule has 4 rings (SSSR count). The summed E-state index contributed by atoms with van der Waals surface area (Å²) < 4.78 is 5.42. The van der Waals surface area contributed by atoms with E-state index in [1.54, 1.807) is 29.2 Å². The molecular weight excluding hydrogens is 466 g/mol. The predicted octanol–water partition coefficient (Wildman–Crippen LogP) is 3.50. The van der Waals surface area contributed by atoms with Crippen LogP contribution in [0.2, 0.25) is 5.02 Å². The summed E-state index contributed by atoms with van der Waals surface area (Å²) in [5, 5.41) is 0.598. The summed E-state index contributed by atoms with van der Waals surface area (Å²) in [7, 11) is 0. The molecule has 1 atom stereocenters. The fourth-order valence-corrected chi connectivity index (χ4v) is 4.67. The van der Waals surface area contributed by atoms with Gasteiger partial charge in [-0.1, -0.05) is 49.7 Å². The van der Waals surface area contributed by atoms with E-state index in [0.29, 0.717) is 42.9 Å². The highest BCUT2D eigenvalue weighted by molar-refractivity contribution is 6.30. The molecule has 0 spiro atoms. The molecule has 0 saturated carbocycles. The van der Waals surface area contributed by atoms with E-state index in [2.05, 4.69) is 18.7 Å². The van der Waals surface area contributed by atoms with E-state index >= 15 is 0 Å². The Labute approximate surface area is 211 Å². The molecule has 2 heterocycles. The number of benzene rings is 2. The Morgan fingerprint density at radius 3 is 2.34 bits per heavy atom. The molecule has 1 unspecified atom stereocenters. The van der Waals surface area contributed by atoms with Crippen molar-refractivity contribution < 1.29 is 19.1 Å². The summed E-state index contributed by atoms with van der Waals surface area (Å²) in [6.07, 6.45) is 0.127. The Hall–Kier alpha value is -2.74.